The number of aromatic nitrogens is 3. The van der Waals surface area contributed by atoms with Crippen LogP contribution in [0, 0.1) is 6.92 Å². The van der Waals surface area contributed by atoms with E-state index in [0.717, 1.165) is 0 Å². The molecule has 0 aliphatic heterocycles. The van der Waals surface area contributed by atoms with E-state index in [4.69, 9.17) is 5.11 Å². The molecule has 0 aliphatic rings. The highest BCUT2D eigenvalue weighted by atomic mass is 16.4. The summed E-state index contributed by atoms with van der Waals surface area (Å²) in [6.07, 6.45) is 0.469. The van der Waals surface area contributed by atoms with Crippen LogP contribution in [0.5, 0.6) is 0 Å². The number of aryl methyl sites for hydroxylation is 2. The third kappa shape index (κ3) is 3.11. The number of carbonyl (C=O) groups is 1. The lowest BCUT2D eigenvalue weighted by Gasteiger charge is -1.87. The molecule has 6 heteroatoms. The lowest BCUT2D eigenvalue weighted by Crippen LogP contribution is -1.98. The molecule has 6 nitrogen and oxygen atoms in total. The maximum Gasteiger partial charge on any atom is 0.303 e. The average Bonchev–Trinajstić information content (AvgIpc) is 2.31. The van der Waals surface area contributed by atoms with Gasteiger partial charge in [-0.2, -0.15) is 5.10 Å². The molecule has 0 unspecified atom stereocenters. The van der Waals surface area contributed by atoms with Crippen LogP contribution in [0.2, 0.25) is 0 Å². The lowest BCUT2D eigenvalue weighted by molar-refractivity contribution is -0.137. The van der Waals surface area contributed by atoms with Crippen molar-refractivity contribution in [2.45, 2.75) is 19.8 Å². The number of carboxylic acids is 1. The zero-order valence-corrected chi connectivity index (χ0v) is 6.66. The van der Waals surface area contributed by atoms with Gasteiger partial charge in [-0.1, -0.05) is 0 Å². The molecule has 0 bridgehead atoms. The van der Waals surface area contributed by atoms with Crippen molar-refractivity contribution < 1.29 is 15.4 Å². The zero-order chi connectivity index (χ0) is 8.27. The fourth-order valence-corrected chi connectivity index (χ4v) is 0.720. The quantitative estimate of drug-likeness (QED) is 0.629. The molecule has 0 aliphatic carbocycles. The van der Waals surface area contributed by atoms with Crippen LogP contribution in [-0.2, 0) is 11.2 Å². The van der Waals surface area contributed by atoms with E-state index in [1.165, 1.54) is 0 Å². The van der Waals surface area contributed by atoms with Crippen molar-refractivity contribution in [1.82, 2.24) is 15.2 Å². The summed E-state index contributed by atoms with van der Waals surface area (Å²) in [7, 11) is 0. The maximum atomic E-state index is 10.1. The Morgan fingerprint density at radius 2 is 2.33 bits per heavy atom. The zero-order valence-electron chi connectivity index (χ0n) is 6.66. The van der Waals surface area contributed by atoms with Crippen molar-refractivity contribution in [2.24, 2.45) is 0 Å². The highest BCUT2D eigenvalue weighted by Gasteiger charge is 2.02. The van der Waals surface area contributed by atoms with Crippen molar-refractivity contribution in [2.75, 3.05) is 0 Å². The van der Waals surface area contributed by atoms with Crippen LogP contribution in [0.15, 0.2) is 0 Å². The molecule has 1 aromatic rings. The summed E-state index contributed by atoms with van der Waals surface area (Å²) >= 11 is 0. The van der Waals surface area contributed by atoms with E-state index in [1.807, 2.05) is 0 Å². The van der Waals surface area contributed by atoms with Crippen LogP contribution in [0.3, 0.4) is 0 Å². The molecule has 1 rings (SSSR count). The summed E-state index contributed by atoms with van der Waals surface area (Å²) in [6.45, 7) is 1.78. The van der Waals surface area contributed by atoms with Gasteiger partial charge < -0.3 is 10.6 Å². The standard InChI is InChI=1S/C6H9N3O2.H2O/c1-4-7-5(9-8-4)2-3-6(10)11;/h2-3H2,1H3,(H,10,11)(H,7,8,9);1H2. The van der Waals surface area contributed by atoms with Gasteiger partial charge in [-0.25, -0.2) is 4.98 Å². The predicted molar refractivity (Wildman–Crippen MR) is 40.7 cm³/mol. The summed E-state index contributed by atoms with van der Waals surface area (Å²) in [4.78, 5) is 14.1. The van der Waals surface area contributed by atoms with Gasteiger partial charge in [0.1, 0.15) is 5.82 Å². The summed E-state index contributed by atoms with van der Waals surface area (Å²) in [5.41, 5.74) is 0. The van der Waals surface area contributed by atoms with Gasteiger partial charge in [0, 0.05) is 6.42 Å². The van der Waals surface area contributed by atoms with Crippen LogP contribution in [0.25, 0.3) is 0 Å². The summed E-state index contributed by atoms with van der Waals surface area (Å²) in [5.74, 6) is 0.447. The number of nitrogens with zero attached hydrogens (tertiary/aromatic N) is 2. The summed E-state index contributed by atoms with van der Waals surface area (Å²) in [5, 5.41) is 14.7. The van der Waals surface area contributed by atoms with Crippen LogP contribution >= 0.6 is 0 Å². The number of hydrogen-bond donors (Lipinski definition) is 2. The first-order chi connectivity index (χ1) is 5.18. The smallest absolute Gasteiger partial charge is 0.303 e. The van der Waals surface area contributed by atoms with Gasteiger partial charge >= 0.3 is 5.97 Å². The van der Waals surface area contributed by atoms with Gasteiger partial charge in [0.05, 0.1) is 6.42 Å². The van der Waals surface area contributed by atoms with Crippen molar-refractivity contribution in [3.05, 3.63) is 11.6 Å². The number of nitrogens with one attached hydrogen (secondary N) is 1. The Labute approximate surface area is 68.9 Å². The van der Waals surface area contributed by atoms with Crippen LogP contribution in [0.1, 0.15) is 18.1 Å². The van der Waals surface area contributed by atoms with Crippen molar-refractivity contribution in [3.63, 3.8) is 0 Å². The van der Waals surface area contributed by atoms with E-state index >= 15 is 0 Å². The number of carboxylic acid groups (broad SMARTS) is 1. The van der Waals surface area contributed by atoms with Gasteiger partial charge in [0.15, 0.2) is 5.82 Å². The Bertz CT molecular complexity index is 258. The van der Waals surface area contributed by atoms with Crippen LogP contribution < -0.4 is 0 Å². The first-order valence-corrected chi connectivity index (χ1v) is 3.28. The Morgan fingerprint density at radius 3 is 2.75 bits per heavy atom. The molecule has 0 fully saturated rings. The van der Waals surface area contributed by atoms with Gasteiger partial charge in [0.25, 0.3) is 0 Å². The minimum atomic E-state index is -0.826. The van der Waals surface area contributed by atoms with E-state index in [1.54, 1.807) is 6.92 Å². The molecule has 0 aromatic carbocycles. The molecule has 0 atom stereocenters. The molecular formula is C6H11N3O3. The Morgan fingerprint density at radius 1 is 1.67 bits per heavy atom. The van der Waals surface area contributed by atoms with Crippen LogP contribution in [-0.4, -0.2) is 31.7 Å². The molecular weight excluding hydrogens is 162 g/mol. The monoisotopic (exact) mass is 173 g/mol. The Kier molecular flexibility index (Phi) is 3.92. The van der Waals surface area contributed by atoms with Gasteiger partial charge in [-0.15, -0.1) is 0 Å². The van der Waals surface area contributed by atoms with Crippen LogP contribution in [0.4, 0.5) is 0 Å². The number of aliphatic carboxylic acids is 1. The lowest BCUT2D eigenvalue weighted by atomic mass is 10.3. The molecule has 0 spiro atoms. The molecule has 1 aromatic heterocycles. The van der Waals surface area contributed by atoms with Gasteiger partial charge in [-0.05, 0) is 6.92 Å². The van der Waals surface area contributed by atoms with Crippen molar-refractivity contribution in [3.8, 4) is 0 Å². The van der Waals surface area contributed by atoms with E-state index in [9.17, 15) is 4.79 Å². The number of rotatable bonds is 3. The second-order valence-electron chi connectivity index (χ2n) is 2.23. The largest absolute Gasteiger partial charge is 0.481 e. The predicted octanol–water partition coefficient (Wildman–Crippen LogP) is -0.694. The number of H-pyrrole nitrogens is 1. The third-order valence-corrected chi connectivity index (χ3v) is 1.21. The normalized spacial score (nSPS) is 9.08. The SMILES string of the molecule is Cc1nc(CCC(=O)O)n[nH]1.O. The van der Waals surface area contributed by atoms with Gasteiger partial charge in [-0.3, -0.25) is 9.89 Å². The first-order valence-electron chi connectivity index (χ1n) is 3.28. The molecule has 0 amide bonds. The molecule has 0 radical (unpaired) electrons. The Hall–Kier alpha value is -1.43. The Balaban J connectivity index is 0.00000121. The second kappa shape index (κ2) is 4.45. The fourth-order valence-electron chi connectivity index (χ4n) is 0.720. The third-order valence-electron chi connectivity index (χ3n) is 1.21. The highest BCUT2D eigenvalue weighted by Crippen LogP contribution is 1.95. The number of aromatic amines is 1. The molecule has 0 saturated heterocycles. The van der Waals surface area contributed by atoms with E-state index in [2.05, 4.69) is 15.2 Å². The number of hydrogen-bond acceptors (Lipinski definition) is 3. The molecule has 12 heavy (non-hydrogen) atoms. The van der Waals surface area contributed by atoms with E-state index in [-0.39, 0.29) is 11.9 Å². The minimum absolute atomic E-state index is 0. The molecule has 0 saturated carbocycles. The van der Waals surface area contributed by atoms with E-state index < -0.39 is 5.97 Å². The topological polar surface area (TPSA) is 110 Å². The summed E-state index contributed by atoms with van der Waals surface area (Å²) in [6, 6.07) is 0. The fraction of sp³-hybridized carbons (Fsp3) is 0.500. The molecule has 1 heterocycles. The summed E-state index contributed by atoms with van der Waals surface area (Å²) < 4.78 is 0. The van der Waals surface area contributed by atoms with Crippen molar-refractivity contribution in [1.29, 1.82) is 0 Å². The highest BCUT2D eigenvalue weighted by molar-refractivity contribution is 5.66. The molecule has 68 valence electrons. The second-order valence-corrected chi connectivity index (χ2v) is 2.23. The van der Waals surface area contributed by atoms with E-state index in [0.29, 0.717) is 18.1 Å². The first kappa shape index (κ1) is 10.6. The average molecular weight is 173 g/mol. The molecule has 4 N–H and O–H groups in total. The minimum Gasteiger partial charge on any atom is -0.481 e. The van der Waals surface area contributed by atoms with Crippen molar-refractivity contribution >= 4 is 5.97 Å². The van der Waals surface area contributed by atoms with Gasteiger partial charge in [0.2, 0.25) is 0 Å². The maximum absolute atomic E-state index is 10.1.